The topological polar surface area (TPSA) is 29.3 Å². The highest BCUT2D eigenvalue weighted by molar-refractivity contribution is 7.10. The van der Waals surface area contributed by atoms with Crippen molar-refractivity contribution in [1.29, 1.82) is 0 Å². The predicted octanol–water partition coefficient (Wildman–Crippen LogP) is 2.82. The van der Waals surface area contributed by atoms with Gasteiger partial charge in [-0.2, -0.15) is 0 Å². The molecule has 2 rings (SSSR count). The molecule has 0 radical (unpaired) electrons. The first kappa shape index (κ1) is 13.6. The van der Waals surface area contributed by atoms with Gasteiger partial charge >= 0.3 is 0 Å². The van der Waals surface area contributed by atoms with Gasteiger partial charge in [-0.1, -0.05) is 24.7 Å². The van der Waals surface area contributed by atoms with Crippen LogP contribution in [0.3, 0.4) is 0 Å². The highest BCUT2D eigenvalue weighted by Crippen LogP contribution is 2.23. The van der Waals surface area contributed by atoms with Crippen LogP contribution in [0.1, 0.15) is 43.0 Å². The van der Waals surface area contributed by atoms with Crippen molar-refractivity contribution in [2.24, 2.45) is 5.73 Å². The average molecular weight is 262 g/mol. The van der Waals surface area contributed by atoms with E-state index in [2.05, 4.69) is 35.1 Å². The largest absolute Gasteiger partial charge is 0.320 e. The fraction of sp³-hybridized carbons (Fsp3) is 0.600. The van der Waals surface area contributed by atoms with Crippen LogP contribution in [-0.2, 0) is 6.54 Å². The van der Waals surface area contributed by atoms with Crippen LogP contribution in [0.2, 0.25) is 0 Å². The van der Waals surface area contributed by atoms with E-state index in [4.69, 9.17) is 5.73 Å². The Morgan fingerprint density at radius 1 is 1.44 bits per heavy atom. The summed E-state index contributed by atoms with van der Waals surface area (Å²) in [6.07, 6.45) is 5.42. The summed E-state index contributed by atoms with van der Waals surface area (Å²) in [6.45, 7) is 5.07. The van der Waals surface area contributed by atoms with Crippen LogP contribution < -0.4 is 5.73 Å². The number of likely N-dealkylation sites (tertiary alicyclic amines) is 1. The van der Waals surface area contributed by atoms with E-state index in [1.54, 1.807) is 0 Å². The molecule has 0 bridgehead atoms. The summed E-state index contributed by atoms with van der Waals surface area (Å²) < 4.78 is 0. The molecular formula is C15H22N2S. The van der Waals surface area contributed by atoms with Crippen molar-refractivity contribution >= 4 is 11.3 Å². The molecule has 3 heteroatoms. The molecule has 0 amide bonds. The molecule has 1 unspecified atom stereocenters. The molecule has 1 aromatic heterocycles. The third-order valence-electron chi connectivity index (χ3n) is 3.61. The molecular weight excluding hydrogens is 240 g/mol. The number of nitrogens with two attached hydrogens (primary N) is 1. The van der Waals surface area contributed by atoms with Gasteiger partial charge in [0.25, 0.3) is 0 Å². The first-order chi connectivity index (χ1) is 8.81. The van der Waals surface area contributed by atoms with Gasteiger partial charge in [0.15, 0.2) is 0 Å². The van der Waals surface area contributed by atoms with Gasteiger partial charge in [0.05, 0.1) is 6.54 Å². The van der Waals surface area contributed by atoms with Crippen LogP contribution in [0, 0.1) is 11.8 Å². The van der Waals surface area contributed by atoms with Crippen LogP contribution >= 0.6 is 11.3 Å². The van der Waals surface area contributed by atoms with Gasteiger partial charge in [0.1, 0.15) is 0 Å². The summed E-state index contributed by atoms with van der Waals surface area (Å²) in [5.74, 6) is 6.14. The fourth-order valence-corrected chi connectivity index (χ4v) is 3.33. The molecule has 0 saturated carbocycles. The van der Waals surface area contributed by atoms with Gasteiger partial charge in [0.2, 0.25) is 0 Å². The van der Waals surface area contributed by atoms with E-state index in [0.717, 1.165) is 6.54 Å². The van der Waals surface area contributed by atoms with Crippen LogP contribution in [0.5, 0.6) is 0 Å². The molecule has 1 fully saturated rings. The minimum atomic E-state index is 0.440. The minimum Gasteiger partial charge on any atom is -0.320 e. The Hall–Kier alpha value is -0.820. The summed E-state index contributed by atoms with van der Waals surface area (Å²) in [5, 5.41) is 2.14. The first-order valence-corrected chi connectivity index (χ1v) is 7.68. The molecule has 2 heterocycles. The first-order valence-electron chi connectivity index (χ1n) is 6.80. The molecule has 0 aliphatic carbocycles. The smallest absolute Gasteiger partial charge is 0.0555 e. The second kappa shape index (κ2) is 6.94. The van der Waals surface area contributed by atoms with E-state index >= 15 is 0 Å². The molecule has 1 aliphatic rings. The molecule has 1 saturated heterocycles. The lowest BCUT2D eigenvalue weighted by Crippen LogP contribution is -2.31. The van der Waals surface area contributed by atoms with Gasteiger partial charge in [-0.3, -0.25) is 4.90 Å². The van der Waals surface area contributed by atoms with Crippen LogP contribution in [0.25, 0.3) is 0 Å². The van der Waals surface area contributed by atoms with Gasteiger partial charge in [0, 0.05) is 23.0 Å². The summed E-state index contributed by atoms with van der Waals surface area (Å²) in [7, 11) is 0. The Balaban J connectivity index is 2.05. The van der Waals surface area contributed by atoms with E-state index in [-0.39, 0.29) is 0 Å². The molecule has 1 aliphatic heterocycles. The van der Waals surface area contributed by atoms with E-state index in [9.17, 15) is 0 Å². The zero-order valence-corrected chi connectivity index (χ0v) is 11.9. The van der Waals surface area contributed by atoms with Crippen molar-refractivity contribution in [2.75, 3.05) is 13.1 Å². The number of nitrogens with zero attached hydrogens (tertiary/aromatic N) is 1. The summed E-state index contributed by atoms with van der Waals surface area (Å²) in [4.78, 5) is 4.00. The SMILES string of the molecule is CC1CCCCCN1Cc1sccc1C#CCN. The van der Waals surface area contributed by atoms with Gasteiger partial charge < -0.3 is 5.73 Å². The van der Waals surface area contributed by atoms with Crippen molar-refractivity contribution in [3.63, 3.8) is 0 Å². The lowest BCUT2D eigenvalue weighted by atomic mass is 10.1. The minimum absolute atomic E-state index is 0.440. The predicted molar refractivity (Wildman–Crippen MR) is 78.6 cm³/mol. The van der Waals surface area contributed by atoms with E-state index in [0.29, 0.717) is 12.6 Å². The molecule has 2 nitrogen and oxygen atoms in total. The van der Waals surface area contributed by atoms with Crippen molar-refractivity contribution in [3.05, 3.63) is 21.9 Å². The van der Waals surface area contributed by atoms with Gasteiger partial charge in [-0.25, -0.2) is 0 Å². The molecule has 0 spiro atoms. The highest BCUT2D eigenvalue weighted by atomic mass is 32.1. The Labute approximate surface area is 114 Å². The Morgan fingerprint density at radius 3 is 3.17 bits per heavy atom. The zero-order valence-electron chi connectivity index (χ0n) is 11.1. The maximum Gasteiger partial charge on any atom is 0.0555 e. The molecule has 98 valence electrons. The Morgan fingerprint density at radius 2 is 2.33 bits per heavy atom. The lowest BCUT2D eigenvalue weighted by molar-refractivity contribution is 0.206. The van der Waals surface area contributed by atoms with Gasteiger partial charge in [-0.15, -0.1) is 11.3 Å². The van der Waals surface area contributed by atoms with Crippen molar-refractivity contribution in [1.82, 2.24) is 4.90 Å². The van der Waals surface area contributed by atoms with Gasteiger partial charge in [-0.05, 0) is 37.8 Å². The number of thiophene rings is 1. The van der Waals surface area contributed by atoms with E-state index in [1.807, 2.05) is 11.3 Å². The highest BCUT2D eigenvalue weighted by Gasteiger charge is 2.18. The number of hydrogen-bond donors (Lipinski definition) is 1. The monoisotopic (exact) mass is 262 g/mol. The number of hydrogen-bond acceptors (Lipinski definition) is 3. The molecule has 2 N–H and O–H groups in total. The normalized spacial score (nSPS) is 21.1. The Kier molecular flexibility index (Phi) is 5.25. The fourth-order valence-electron chi connectivity index (χ4n) is 2.47. The maximum absolute atomic E-state index is 5.44. The third kappa shape index (κ3) is 3.58. The maximum atomic E-state index is 5.44. The Bertz CT molecular complexity index is 427. The second-order valence-electron chi connectivity index (χ2n) is 4.93. The molecule has 18 heavy (non-hydrogen) atoms. The third-order valence-corrected chi connectivity index (χ3v) is 4.51. The van der Waals surface area contributed by atoms with Crippen LogP contribution in [0.15, 0.2) is 11.4 Å². The summed E-state index contributed by atoms with van der Waals surface area (Å²) in [5.41, 5.74) is 6.61. The molecule has 1 atom stereocenters. The van der Waals surface area contributed by atoms with Crippen LogP contribution in [-0.4, -0.2) is 24.0 Å². The standard InChI is InChI=1S/C15H22N2S/c1-13-6-3-2-4-10-17(13)12-15-14(7-5-9-16)8-11-18-15/h8,11,13H,2-4,6,9-10,12,16H2,1H3. The van der Waals surface area contributed by atoms with Crippen LogP contribution in [0.4, 0.5) is 0 Å². The van der Waals surface area contributed by atoms with E-state index in [1.165, 1.54) is 42.7 Å². The quantitative estimate of drug-likeness (QED) is 0.830. The average Bonchev–Trinajstić information content (AvgIpc) is 2.71. The lowest BCUT2D eigenvalue weighted by Gasteiger charge is -2.26. The zero-order chi connectivity index (χ0) is 12.8. The van der Waals surface area contributed by atoms with Crippen molar-refractivity contribution in [2.45, 2.75) is 45.2 Å². The second-order valence-corrected chi connectivity index (χ2v) is 5.93. The van der Waals surface area contributed by atoms with Crippen molar-refractivity contribution in [3.8, 4) is 11.8 Å². The summed E-state index contributed by atoms with van der Waals surface area (Å²) >= 11 is 1.82. The molecule has 0 aromatic carbocycles. The van der Waals surface area contributed by atoms with E-state index < -0.39 is 0 Å². The van der Waals surface area contributed by atoms with Crippen molar-refractivity contribution < 1.29 is 0 Å². The molecule has 1 aromatic rings. The number of rotatable bonds is 2. The summed E-state index contributed by atoms with van der Waals surface area (Å²) in [6, 6.07) is 2.82.